The largest absolute Gasteiger partial charge is 0.507 e. The van der Waals surface area contributed by atoms with E-state index >= 15 is 0 Å². The highest BCUT2D eigenvalue weighted by atomic mass is 16.6. The van der Waals surface area contributed by atoms with Gasteiger partial charge in [0.15, 0.2) is 41.9 Å². The molecule has 292 valence electrons. The van der Waals surface area contributed by atoms with Crippen LogP contribution >= 0.6 is 0 Å². The van der Waals surface area contributed by atoms with Crippen molar-refractivity contribution in [3.8, 4) is 68.7 Å². The van der Waals surface area contributed by atoms with E-state index in [1.54, 1.807) is 6.92 Å². The topological polar surface area (TPSA) is 221 Å². The van der Waals surface area contributed by atoms with Crippen molar-refractivity contribution in [2.24, 2.45) is 0 Å². The third-order valence-corrected chi connectivity index (χ3v) is 7.89. The van der Waals surface area contributed by atoms with Gasteiger partial charge in [-0.3, -0.25) is 0 Å². The number of phenolic OH excluding ortho intramolecular Hbond substituents is 2. The number of phenols is 2. The summed E-state index contributed by atoms with van der Waals surface area (Å²) in [5.74, 6) is -2.92. The van der Waals surface area contributed by atoms with Crippen LogP contribution in [0.25, 0.3) is 34.2 Å². The van der Waals surface area contributed by atoms with Crippen LogP contribution in [0.5, 0.6) is 34.5 Å². The summed E-state index contributed by atoms with van der Waals surface area (Å²) in [6, 6.07) is 12.9. The maximum atomic E-state index is 12.4. The van der Waals surface area contributed by atoms with E-state index in [9.17, 15) is 29.4 Å². The number of nitrogens with zero attached hydrogens (tertiary/aromatic N) is 3. The van der Waals surface area contributed by atoms with Crippen molar-refractivity contribution in [3.05, 3.63) is 54.6 Å². The molecule has 4 unspecified atom stereocenters. The molecule has 4 aromatic rings. The standard InChI is InChI=1S/C38H41N3O14/c1-9-30(38(47)51-8)55-24-12-15-27(31(18-24)54-21(4)37(46)50-7)34-40-32(25-13-10-22(16-28(25)42)52-19(2)35(44)48-5)39-33(41-34)26-14-11-23(17-29(26)43)53-20(3)36(45)49-6/h10-21,30,42-43H,9H2,1-8H3. The maximum Gasteiger partial charge on any atom is 0.347 e. The van der Waals surface area contributed by atoms with Crippen molar-refractivity contribution in [3.63, 3.8) is 0 Å². The molecule has 4 rings (SSSR count). The fourth-order valence-electron chi connectivity index (χ4n) is 4.98. The number of hydrogen-bond acceptors (Lipinski definition) is 17. The van der Waals surface area contributed by atoms with E-state index in [4.69, 9.17) is 37.9 Å². The van der Waals surface area contributed by atoms with Crippen LogP contribution in [-0.2, 0) is 38.1 Å². The van der Waals surface area contributed by atoms with Gasteiger partial charge in [0.1, 0.15) is 34.5 Å². The Morgan fingerprint density at radius 2 is 0.891 bits per heavy atom. The lowest BCUT2D eigenvalue weighted by Gasteiger charge is -2.19. The summed E-state index contributed by atoms with van der Waals surface area (Å²) in [5.41, 5.74) is 0.406. The first-order valence-corrected chi connectivity index (χ1v) is 16.8. The summed E-state index contributed by atoms with van der Waals surface area (Å²) < 4.78 is 42.2. The molecule has 0 bridgehead atoms. The molecule has 3 aromatic carbocycles. The number of aromatic hydroxyl groups is 2. The van der Waals surface area contributed by atoms with Gasteiger partial charge in [-0.25, -0.2) is 34.1 Å². The molecule has 0 aliphatic carbocycles. The third kappa shape index (κ3) is 10.1. The summed E-state index contributed by atoms with van der Waals surface area (Å²) >= 11 is 0. The van der Waals surface area contributed by atoms with Gasteiger partial charge in [-0.1, -0.05) is 6.92 Å². The zero-order chi connectivity index (χ0) is 40.4. The zero-order valence-corrected chi connectivity index (χ0v) is 31.3. The second-order valence-electron chi connectivity index (χ2n) is 11.7. The van der Waals surface area contributed by atoms with E-state index in [-0.39, 0.29) is 75.1 Å². The van der Waals surface area contributed by atoms with Gasteiger partial charge in [0.2, 0.25) is 0 Å². The Morgan fingerprint density at radius 1 is 0.527 bits per heavy atom. The minimum atomic E-state index is -1.13. The Balaban J connectivity index is 1.91. The van der Waals surface area contributed by atoms with E-state index in [1.807, 2.05) is 0 Å². The minimum absolute atomic E-state index is 0.0350. The molecule has 0 radical (unpaired) electrons. The molecule has 0 aliphatic heterocycles. The van der Waals surface area contributed by atoms with E-state index in [1.165, 1.54) is 104 Å². The van der Waals surface area contributed by atoms with Gasteiger partial charge < -0.3 is 48.1 Å². The van der Waals surface area contributed by atoms with Gasteiger partial charge in [-0.05, 0) is 63.6 Å². The van der Waals surface area contributed by atoms with Crippen molar-refractivity contribution in [2.75, 3.05) is 28.4 Å². The number of esters is 4. The highest BCUT2D eigenvalue weighted by Crippen LogP contribution is 2.39. The van der Waals surface area contributed by atoms with Gasteiger partial charge >= 0.3 is 23.9 Å². The number of aromatic nitrogens is 3. The van der Waals surface area contributed by atoms with Gasteiger partial charge in [-0.15, -0.1) is 0 Å². The number of rotatable bonds is 16. The van der Waals surface area contributed by atoms with Crippen LogP contribution < -0.4 is 18.9 Å². The van der Waals surface area contributed by atoms with Crippen molar-refractivity contribution >= 4 is 23.9 Å². The summed E-state index contributed by atoms with van der Waals surface area (Å²) in [4.78, 5) is 62.4. The number of carbonyl (C=O) groups is 4. The first kappa shape index (κ1) is 41.1. The molecule has 0 saturated carbocycles. The number of hydrogen-bond donors (Lipinski definition) is 2. The van der Waals surface area contributed by atoms with Crippen LogP contribution in [0.1, 0.15) is 34.1 Å². The molecule has 0 amide bonds. The molecule has 17 nitrogen and oxygen atoms in total. The van der Waals surface area contributed by atoms with E-state index in [2.05, 4.69) is 15.0 Å². The van der Waals surface area contributed by atoms with Gasteiger partial charge in [0, 0.05) is 18.2 Å². The molecular formula is C38H41N3O14. The second-order valence-corrected chi connectivity index (χ2v) is 11.7. The van der Waals surface area contributed by atoms with E-state index in [0.29, 0.717) is 0 Å². The highest BCUT2D eigenvalue weighted by molar-refractivity contribution is 5.78. The predicted molar refractivity (Wildman–Crippen MR) is 193 cm³/mol. The van der Waals surface area contributed by atoms with Crippen LogP contribution in [0.3, 0.4) is 0 Å². The van der Waals surface area contributed by atoms with Gasteiger partial charge in [-0.2, -0.15) is 0 Å². The summed E-state index contributed by atoms with van der Waals surface area (Å²) in [6.07, 6.45) is -3.75. The minimum Gasteiger partial charge on any atom is -0.507 e. The molecule has 1 aromatic heterocycles. The Labute approximate surface area is 316 Å². The molecule has 0 aliphatic rings. The predicted octanol–water partition coefficient (Wildman–Crippen LogP) is 4.44. The molecule has 2 N–H and O–H groups in total. The van der Waals surface area contributed by atoms with Crippen LogP contribution in [0.4, 0.5) is 0 Å². The van der Waals surface area contributed by atoms with E-state index in [0.717, 1.165) is 0 Å². The molecule has 1 heterocycles. The fraction of sp³-hybridized carbons (Fsp3) is 0.342. The zero-order valence-electron chi connectivity index (χ0n) is 31.3. The van der Waals surface area contributed by atoms with Crippen LogP contribution in [0.2, 0.25) is 0 Å². The lowest BCUT2D eigenvalue weighted by atomic mass is 10.1. The smallest absolute Gasteiger partial charge is 0.347 e. The lowest BCUT2D eigenvalue weighted by Crippen LogP contribution is -2.28. The van der Waals surface area contributed by atoms with Crippen molar-refractivity contribution in [1.82, 2.24) is 15.0 Å². The quantitative estimate of drug-likeness (QED) is 0.119. The van der Waals surface area contributed by atoms with E-state index < -0.39 is 48.3 Å². The Morgan fingerprint density at radius 3 is 1.27 bits per heavy atom. The molecule has 0 spiro atoms. The average molecular weight is 764 g/mol. The SMILES string of the molecule is CCC(Oc1ccc(-c2nc(-c3ccc(OC(C)C(=O)OC)cc3O)nc(-c3ccc(OC(C)C(=O)OC)cc3O)n2)c(OC(C)C(=O)OC)c1)C(=O)OC. The molecule has 4 atom stereocenters. The first-order valence-electron chi connectivity index (χ1n) is 16.8. The maximum absolute atomic E-state index is 12.4. The summed E-state index contributed by atoms with van der Waals surface area (Å²) in [7, 11) is 4.88. The van der Waals surface area contributed by atoms with Gasteiger partial charge in [0.05, 0.1) is 45.1 Å². The van der Waals surface area contributed by atoms with Crippen molar-refractivity contribution in [2.45, 2.75) is 58.5 Å². The van der Waals surface area contributed by atoms with Crippen LogP contribution in [-0.4, -0.2) is 102 Å². The first-order chi connectivity index (χ1) is 26.2. The normalized spacial score (nSPS) is 12.9. The summed E-state index contributed by atoms with van der Waals surface area (Å²) in [6.45, 7) is 6.16. The number of benzene rings is 3. The van der Waals surface area contributed by atoms with Gasteiger partial charge in [0.25, 0.3) is 0 Å². The Hall–Kier alpha value is -6.65. The molecular weight excluding hydrogens is 722 g/mol. The highest BCUT2D eigenvalue weighted by Gasteiger charge is 2.25. The Bertz CT molecular complexity index is 1950. The number of ether oxygens (including phenoxy) is 8. The van der Waals surface area contributed by atoms with Crippen molar-refractivity contribution < 1.29 is 67.3 Å². The fourth-order valence-corrected chi connectivity index (χ4v) is 4.98. The monoisotopic (exact) mass is 763 g/mol. The number of methoxy groups -OCH3 is 4. The molecule has 17 heteroatoms. The Kier molecular flexibility index (Phi) is 13.8. The molecule has 55 heavy (non-hydrogen) atoms. The van der Waals surface area contributed by atoms with Crippen LogP contribution in [0, 0.1) is 0 Å². The summed E-state index contributed by atoms with van der Waals surface area (Å²) in [5, 5.41) is 22.3. The molecule has 0 saturated heterocycles. The number of carbonyl (C=O) groups excluding carboxylic acids is 4. The average Bonchev–Trinajstić information content (AvgIpc) is 3.18. The third-order valence-electron chi connectivity index (χ3n) is 7.89. The second kappa shape index (κ2) is 18.4. The molecule has 0 fully saturated rings. The lowest BCUT2D eigenvalue weighted by molar-refractivity contribution is -0.149. The van der Waals surface area contributed by atoms with Crippen molar-refractivity contribution in [1.29, 1.82) is 0 Å². The van der Waals surface area contributed by atoms with Crippen LogP contribution in [0.15, 0.2) is 54.6 Å².